The molecule has 0 saturated heterocycles. The first-order valence-corrected chi connectivity index (χ1v) is 19.7. The quantitative estimate of drug-likeness (QED) is 0.119. The van der Waals surface area contributed by atoms with Crippen molar-refractivity contribution in [3.63, 3.8) is 0 Å². The monoisotopic (exact) mass is 739 g/mol. The summed E-state index contributed by atoms with van der Waals surface area (Å²) in [4.78, 5) is 31.2. The van der Waals surface area contributed by atoms with Crippen LogP contribution < -0.4 is 0 Å². The average molecular weight is 740 g/mol. The molecule has 8 heterocycles. The molecule has 57 heavy (non-hydrogen) atoms. The SMILES string of the molecule is CCCCCCCCCc1c2ccc([nH]2)c(C#Cc2ccccn2)c2nc(c(C#Cc3ccccn3)c3nc(c(C#Cc4ccccn4)c4ccc1[nH]4)C=C3)C=C2. The van der Waals surface area contributed by atoms with Crippen molar-refractivity contribution in [2.75, 3.05) is 0 Å². The third kappa shape index (κ3) is 9.00. The van der Waals surface area contributed by atoms with Crippen LogP contribution >= 0.6 is 0 Å². The van der Waals surface area contributed by atoms with Crippen molar-refractivity contribution >= 4 is 46.4 Å². The van der Waals surface area contributed by atoms with Crippen LogP contribution in [0.25, 0.3) is 46.4 Å². The van der Waals surface area contributed by atoms with E-state index < -0.39 is 0 Å². The van der Waals surface area contributed by atoms with Gasteiger partial charge in [0, 0.05) is 29.6 Å². The summed E-state index contributed by atoms with van der Waals surface area (Å²) in [6.45, 7) is 2.26. The summed E-state index contributed by atoms with van der Waals surface area (Å²) in [5.74, 6) is 20.0. The van der Waals surface area contributed by atoms with E-state index in [9.17, 15) is 0 Å². The van der Waals surface area contributed by atoms with Gasteiger partial charge in [0.2, 0.25) is 0 Å². The van der Waals surface area contributed by atoms with Crippen LogP contribution in [0, 0.1) is 35.5 Å². The van der Waals surface area contributed by atoms with Gasteiger partial charge in [-0.2, -0.15) is 0 Å². The first-order valence-electron chi connectivity index (χ1n) is 19.7. The number of hydrogen-bond donors (Lipinski definition) is 2. The lowest BCUT2D eigenvalue weighted by Crippen LogP contribution is -1.92. The standard InChI is InChI=1S/C50H41N7/c1-2-3-4-5-6-7-8-18-39-43-25-27-45(54-43)40(22-19-36-15-9-12-33-51-36)47-29-31-49(56-47)42(24-21-38-17-11-14-35-53-38)50-32-30-48(57-50)41(46-28-26-44(39)55-46)23-20-37-16-10-13-34-52-37/h9-17,25-35,54-55H,2-8,18H2,1H3. The molecule has 8 bridgehead atoms. The maximum absolute atomic E-state index is 5.18. The molecule has 0 aliphatic carbocycles. The third-order valence-electron chi connectivity index (χ3n) is 9.84. The van der Waals surface area contributed by atoms with Gasteiger partial charge in [-0.1, -0.05) is 81.4 Å². The highest BCUT2D eigenvalue weighted by Gasteiger charge is 2.15. The smallest absolute Gasteiger partial charge is 0.113 e. The van der Waals surface area contributed by atoms with Crippen LogP contribution in [-0.4, -0.2) is 34.9 Å². The number of H-pyrrole nitrogens is 2. The highest BCUT2D eigenvalue weighted by Crippen LogP contribution is 2.27. The number of nitrogens with one attached hydrogen (secondary N) is 2. The highest BCUT2D eigenvalue weighted by atomic mass is 14.8. The molecule has 6 aromatic heterocycles. The Hall–Kier alpha value is -7.27. The van der Waals surface area contributed by atoms with Gasteiger partial charge >= 0.3 is 0 Å². The number of nitrogens with zero attached hydrogens (tertiary/aromatic N) is 5. The van der Waals surface area contributed by atoms with Gasteiger partial charge in [0.25, 0.3) is 0 Å². The molecule has 2 N–H and O–H groups in total. The molecular weight excluding hydrogens is 699 g/mol. The summed E-state index contributed by atoms with van der Waals surface area (Å²) in [7, 11) is 0. The van der Waals surface area contributed by atoms with Crippen molar-refractivity contribution in [3.8, 4) is 35.5 Å². The molecule has 2 aliphatic rings. The van der Waals surface area contributed by atoms with Gasteiger partial charge in [-0.3, -0.25) is 0 Å². The van der Waals surface area contributed by atoms with Crippen LogP contribution in [-0.2, 0) is 6.42 Å². The topological polar surface area (TPSA) is 96.0 Å². The summed E-state index contributed by atoms with van der Waals surface area (Å²) in [6, 6.07) is 25.7. The van der Waals surface area contributed by atoms with Crippen molar-refractivity contribution in [1.29, 1.82) is 0 Å². The molecule has 0 fully saturated rings. The molecule has 0 atom stereocenters. The largest absolute Gasteiger partial charge is 0.354 e. The lowest BCUT2D eigenvalue weighted by molar-refractivity contribution is 0.590. The van der Waals surface area contributed by atoms with Crippen LogP contribution in [0.2, 0.25) is 0 Å². The van der Waals surface area contributed by atoms with Gasteiger partial charge in [0.05, 0.1) is 50.5 Å². The van der Waals surface area contributed by atoms with Crippen molar-refractivity contribution in [3.05, 3.63) is 160 Å². The minimum atomic E-state index is 0.652. The molecule has 6 aromatic rings. The van der Waals surface area contributed by atoms with Crippen LogP contribution in [0.5, 0.6) is 0 Å². The lowest BCUT2D eigenvalue weighted by Gasteiger charge is -2.04. The summed E-state index contributed by atoms with van der Waals surface area (Å²) in [5.41, 5.74) is 12.0. The molecule has 7 heteroatoms. The van der Waals surface area contributed by atoms with E-state index in [1.165, 1.54) is 44.1 Å². The second-order valence-corrected chi connectivity index (χ2v) is 13.9. The number of unbranched alkanes of at least 4 members (excludes halogenated alkanes) is 6. The Morgan fingerprint density at radius 2 is 0.825 bits per heavy atom. The maximum Gasteiger partial charge on any atom is 0.113 e. The first kappa shape index (κ1) is 36.7. The van der Waals surface area contributed by atoms with E-state index in [0.29, 0.717) is 34.0 Å². The Labute approximate surface area is 333 Å². The second kappa shape index (κ2) is 17.9. The molecule has 0 unspecified atom stereocenters. The van der Waals surface area contributed by atoms with E-state index in [2.05, 4.69) is 91.6 Å². The Morgan fingerprint density at radius 1 is 0.421 bits per heavy atom. The third-order valence-corrected chi connectivity index (χ3v) is 9.84. The predicted molar refractivity (Wildman–Crippen MR) is 231 cm³/mol. The molecule has 0 radical (unpaired) electrons. The fourth-order valence-corrected chi connectivity index (χ4v) is 6.88. The summed E-state index contributed by atoms with van der Waals surface area (Å²) in [5, 5.41) is 0. The number of rotatable bonds is 8. The zero-order valence-electron chi connectivity index (χ0n) is 31.9. The van der Waals surface area contributed by atoms with Gasteiger partial charge in [-0.15, -0.1) is 0 Å². The van der Waals surface area contributed by atoms with Crippen molar-refractivity contribution < 1.29 is 0 Å². The first-order chi connectivity index (χ1) is 28.2. The molecule has 2 aliphatic heterocycles. The normalized spacial score (nSPS) is 11.2. The molecule has 0 spiro atoms. The van der Waals surface area contributed by atoms with E-state index in [1.54, 1.807) is 18.6 Å². The van der Waals surface area contributed by atoms with Crippen LogP contribution in [0.4, 0.5) is 0 Å². The predicted octanol–water partition coefficient (Wildman–Crippen LogP) is 10.3. The zero-order valence-corrected chi connectivity index (χ0v) is 31.9. The van der Waals surface area contributed by atoms with Gasteiger partial charge in [-0.25, -0.2) is 24.9 Å². The Kier molecular flexibility index (Phi) is 11.5. The van der Waals surface area contributed by atoms with Crippen LogP contribution in [0.15, 0.2) is 97.5 Å². The highest BCUT2D eigenvalue weighted by molar-refractivity contribution is 5.86. The summed E-state index contributed by atoms with van der Waals surface area (Å²) in [6.07, 6.45) is 22.7. The molecule has 276 valence electrons. The van der Waals surface area contributed by atoms with Crippen LogP contribution in [0.1, 0.15) is 114 Å². The number of hydrogen-bond acceptors (Lipinski definition) is 5. The molecule has 0 amide bonds. The van der Waals surface area contributed by atoms with E-state index >= 15 is 0 Å². The maximum atomic E-state index is 5.18. The summed E-state index contributed by atoms with van der Waals surface area (Å²) < 4.78 is 0. The fraction of sp³-hybridized carbons (Fsp3) is 0.180. The minimum Gasteiger partial charge on any atom is -0.354 e. The van der Waals surface area contributed by atoms with Crippen LogP contribution in [0.3, 0.4) is 0 Å². The molecule has 0 saturated carbocycles. The van der Waals surface area contributed by atoms with Gasteiger partial charge < -0.3 is 9.97 Å². The van der Waals surface area contributed by atoms with E-state index in [1.807, 2.05) is 78.9 Å². The summed E-state index contributed by atoms with van der Waals surface area (Å²) >= 11 is 0. The number of aromatic nitrogens is 7. The number of pyridine rings is 3. The van der Waals surface area contributed by atoms with E-state index in [4.69, 9.17) is 9.97 Å². The fourth-order valence-electron chi connectivity index (χ4n) is 6.88. The Balaban J connectivity index is 1.38. The van der Waals surface area contributed by atoms with Gasteiger partial charge in [0.15, 0.2) is 0 Å². The second-order valence-electron chi connectivity index (χ2n) is 13.9. The molecule has 8 rings (SSSR count). The molecule has 0 aromatic carbocycles. The van der Waals surface area contributed by atoms with Crippen molar-refractivity contribution in [2.24, 2.45) is 0 Å². The Morgan fingerprint density at radius 3 is 1.26 bits per heavy atom. The van der Waals surface area contributed by atoms with Crippen molar-refractivity contribution in [1.82, 2.24) is 34.9 Å². The average Bonchev–Trinajstić information content (AvgIpc) is 4.10. The number of aromatic amines is 2. The molecular formula is C50H41N7. The molecule has 7 nitrogen and oxygen atoms in total. The van der Waals surface area contributed by atoms with Gasteiger partial charge in [-0.05, 0) is 121 Å². The van der Waals surface area contributed by atoms with E-state index in [0.717, 1.165) is 57.4 Å². The number of fused-ring (bicyclic) bond motifs is 8. The number of aryl methyl sites for hydroxylation is 1. The van der Waals surface area contributed by atoms with Gasteiger partial charge in [0.1, 0.15) is 17.1 Å². The van der Waals surface area contributed by atoms with E-state index in [-0.39, 0.29) is 0 Å². The minimum absolute atomic E-state index is 0.652. The Bertz CT molecular complexity index is 2660. The van der Waals surface area contributed by atoms with Crippen molar-refractivity contribution in [2.45, 2.75) is 58.3 Å². The lowest BCUT2D eigenvalue weighted by atomic mass is 10.0. The zero-order chi connectivity index (χ0) is 38.7.